The normalized spacial score (nSPS) is 14.0. The molecule has 0 saturated heterocycles. The van der Waals surface area contributed by atoms with Gasteiger partial charge in [0, 0.05) is 17.8 Å². The van der Waals surface area contributed by atoms with Crippen LogP contribution in [-0.4, -0.2) is 23.9 Å². The highest BCUT2D eigenvalue weighted by molar-refractivity contribution is 5.96. The average molecular weight is 242 g/mol. The molecular weight excluding hydrogens is 224 g/mol. The Morgan fingerprint density at radius 2 is 2.28 bits per heavy atom. The number of carbonyl (C=O) groups is 1. The SMILES string of the molecule is C#CCN(CC1CC1)C(=O)c1ccc(N)cc1C. The number of anilines is 1. The molecule has 0 bridgehead atoms. The zero-order chi connectivity index (χ0) is 13.1. The van der Waals surface area contributed by atoms with E-state index in [4.69, 9.17) is 12.2 Å². The molecule has 0 radical (unpaired) electrons. The predicted molar refractivity (Wildman–Crippen MR) is 73.1 cm³/mol. The molecule has 1 fully saturated rings. The Morgan fingerprint density at radius 1 is 1.56 bits per heavy atom. The molecule has 2 N–H and O–H groups in total. The van der Waals surface area contributed by atoms with Crippen molar-refractivity contribution in [2.45, 2.75) is 19.8 Å². The van der Waals surface area contributed by atoms with E-state index in [2.05, 4.69) is 5.92 Å². The number of nitrogens with zero attached hydrogens (tertiary/aromatic N) is 1. The summed E-state index contributed by atoms with van der Waals surface area (Å²) in [5.41, 5.74) is 7.97. The average Bonchev–Trinajstić information content (AvgIpc) is 3.11. The zero-order valence-corrected chi connectivity index (χ0v) is 10.6. The van der Waals surface area contributed by atoms with Crippen LogP contribution in [0.5, 0.6) is 0 Å². The predicted octanol–water partition coefficient (Wildman–Crippen LogP) is 2.06. The van der Waals surface area contributed by atoms with Crippen LogP contribution in [0, 0.1) is 25.2 Å². The van der Waals surface area contributed by atoms with Gasteiger partial charge in [-0.25, -0.2) is 0 Å². The lowest BCUT2D eigenvalue weighted by Crippen LogP contribution is -2.33. The van der Waals surface area contributed by atoms with Gasteiger partial charge in [-0.2, -0.15) is 0 Å². The molecule has 1 amide bonds. The van der Waals surface area contributed by atoms with Crippen molar-refractivity contribution in [1.82, 2.24) is 4.90 Å². The molecule has 1 aromatic carbocycles. The number of hydrogen-bond donors (Lipinski definition) is 1. The Kier molecular flexibility index (Phi) is 3.57. The summed E-state index contributed by atoms with van der Waals surface area (Å²) in [6, 6.07) is 5.35. The number of nitrogen functional groups attached to an aromatic ring is 1. The third-order valence-corrected chi connectivity index (χ3v) is 3.23. The molecular formula is C15H18N2O. The standard InChI is InChI=1S/C15H18N2O/c1-3-8-17(10-12-4-5-12)15(18)14-7-6-13(16)9-11(14)2/h1,6-7,9,12H,4-5,8,10,16H2,2H3. The van der Waals surface area contributed by atoms with E-state index in [0.717, 1.165) is 12.1 Å². The quantitative estimate of drug-likeness (QED) is 0.649. The number of rotatable bonds is 4. The fourth-order valence-corrected chi connectivity index (χ4v) is 2.04. The minimum absolute atomic E-state index is 0.0114. The molecule has 1 saturated carbocycles. The Balaban J connectivity index is 2.18. The van der Waals surface area contributed by atoms with Crippen LogP contribution in [0.25, 0.3) is 0 Å². The number of amides is 1. The summed E-state index contributed by atoms with van der Waals surface area (Å²) in [6.45, 7) is 3.04. The molecule has 3 nitrogen and oxygen atoms in total. The number of terminal acetylenes is 1. The summed E-state index contributed by atoms with van der Waals surface area (Å²) in [5, 5.41) is 0. The summed E-state index contributed by atoms with van der Waals surface area (Å²) in [7, 11) is 0. The molecule has 94 valence electrons. The maximum Gasteiger partial charge on any atom is 0.254 e. The third kappa shape index (κ3) is 2.84. The van der Waals surface area contributed by atoms with Crippen LogP contribution in [0.1, 0.15) is 28.8 Å². The van der Waals surface area contributed by atoms with Crippen molar-refractivity contribution in [3.63, 3.8) is 0 Å². The first-order valence-electron chi connectivity index (χ1n) is 6.20. The summed E-state index contributed by atoms with van der Waals surface area (Å²) >= 11 is 0. The van der Waals surface area contributed by atoms with E-state index in [-0.39, 0.29) is 5.91 Å². The molecule has 0 unspecified atom stereocenters. The van der Waals surface area contributed by atoms with Crippen molar-refractivity contribution in [1.29, 1.82) is 0 Å². The molecule has 1 aliphatic carbocycles. The van der Waals surface area contributed by atoms with Gasteiger partial charge in [-0.1, -0.05) is 5.92 Å². The summed E-state index contributed by atoms with van der Waals surface area (Å²) in [5.74, 6) is 3.21. The molecule has 0 spiro atoms. The van der Waals surface area contributed by atoms with Crippen molar-refractivity contribution >= 4 is 11.6 Å². The van der Waals surface area contributed by atoms with Gasteiger partial charge in [0.05, 0.1) is 6.54 Å². The molecule has 3 heteroatoms. The van der Waals surface area contributed by atoms with E-state index in [1.54, 1.807) is 17.0 Å². The Labute approximate surface area is 108 Å². The molecule has 0 atom stereocenters. The van der Waals surface area contributed by atoms with E-state index in [1.807, 2.05) is 13.0 Å². The summed E-state index contributed by atoms with van der Waals surface area (Å²) < 4.78 is 0. The fraction of sp³-hybridized carbons (Fsp3) is 0.400. The highest BCUT2D eigenvalue weighted by atomic mass is 16.2. The molecule has 0 heterocycles. The topological polar surface area (TPSA) is 46.3 Å². The second-order valence-corrected chi connectivity index (χ2v) is 4.91. The first-order valence-corrected chi connectivity index (χ1v) is 6.20. The van der Waals surface area contributed by atoms with Gasteiger partial charge in [0.2, 0.25) is 0 Å². The van der Waals surface area contributed by atoms with Crippen LogP contribution in [0.3, 0.4) is 0 Å². The fourth-order valence-electron chi connectivity index (χ4n) is 2.04. The lowest BCUT2D eigenvalue weighted by atomic mass is 10.1. The van der Waals surface area contributed by atoms with Crippen molar-refractivity contribution < 1.29 is 4.79 Å². The molecule has 0 aromatic heterocycles. The number of benzene rings is 1. The Morgan fingerprint density at radius 3 is 2.83 bits per heavy atom. The van der Waals surface area contributed by atoms with Gasteiger partial charge in [0.1, 0.15) is 0 Å². The van der Waals surface area contributed by atoms with Gasteiger partial charge in [-0.05, 0) is 49.4 Å². The van der Waals surface area contributed by atoms with E-state index in [9.17, 15) is 4.79 Å². The molecule has 1 aliphatic rings. The van der Waals surface area contributed by atoms with Gasteiger partial charge in [-0.3, -0.25) is 4.79 Å². The maximum atomic E-state index is 12.4. The van der Waals surface area contributed by atoms with Crippen LogP contribution in [0.2, 0.25) is 0 Å². The van der Waals surface area contributed by atoms with Gasteiger partial charge < -0.3 is 10.6 Å². The second-order valence-electron chi connectivity index (χ2n) is 4.91. The molecule has 0 aliphatic heterocycles. The number of aryl methyl sites for hydroxylation is 1. The maximum absolute atomic E-state index is 12.4. The molecule has 18 heavy (non-hydrogen) atoms. The third-order valence-electron chi connectivity index (χ3n) is 3.23. The van der Waals surface area contributed by atoms with Gasteiger partial charge in [0.25, 0.3) is 5.91 Å². The molecule has 1 aromatic rings. The van der Waals surface area contributed by atoms with Gasteiger partial charge in [-0.15, -0.1) is 6.42 Å². The lowest BCUT2D eigenvalue weighted by Gasteiger charge is -2.21. The van der Waals surface area contributed by atoms with E-state index in [0.29, 0.717) is 23.7 Å². The minimum Gasteiger partial charge on any atom is -0.399 e. The lowest BCUT2D eigenvalue weighted by molar-refractivity contribution is 0.0769. The Bertz CT molecular complexity index is 498. The van der Waals surface area contributed by atoms with Crippen molar-refractivity contribution in [3.05, 3.63) is 29.3 Å². The largest absolute Gasteiger partial charge is 0.399 e. The van der Waals surface area contributed by atoms with Crippen molar-refractivity contribution in [2.75, 3.05) is 18.8 Å². The van der Waals surface area contributed by atoms with E-state index in [1.165, 1.54) is 12.8 Å². The van der Waals surface area contributed by atoms with E-state index < -0.39 is 0 Å². The van der Waals surface area contributed by atoms with Crippen LogP contribution in [0.15, 0.2) is 18.2 Å². The Hall–Kier alpha value is -1.95. The first-order chi connectivity index (χ1) is 8.61. The van der Waals surface area contributed by atoms with Crippen LogP contribution >= 0.6 is 0 Å². The molecule has 2 rings (SSSR count). The number of carbonyl (C=O) groups excluding carboxylic acids is 1. The van der Waals surface area contributed by atoms with Crippen LogP contribution < -0.4 is 5.73 Å². The zero-order valence-electron chi connectivity index (χ0n) is 10.6. The van der Waals surface area contributed by atoms with Crippen molar-refractivity contribution in [2.24, 2.45) is 5.92 Å². The highest BCUT2D eigenvalue weighted by Gasteiger charge is 2.27. The van der Waals surface area contributed by atoms with Crippen LogP contribution in [-0.2, 0) is 0 Å². The summed E-state index contributed by atoms with van der Waals surface area (Å²) in [4.78, 5) is 14.2. The van der Waals surface area contributed by atoms with Crippen LogP contribution in [0.4, 0.5) is 5.69 Å². The smallest absolute Gasteiger partial charge is 0.254 e. The van der Waals surface area contributed by atoms with Gasteiger partial charge >= 0.3 is 0 Å². The van der Waals surface area contributed by atoms with Gasteiger partial charge in [0.15, 0.2) is 0 Å². The monoisotopic (exact) mass is 242 g/mol. The summed E-state index contributed by atoms with van der Waals surface area (Å²) in [6.07, 6.45) is 7.75. The van der Waals surface area contributed by atoms with Crippen molar-refractivity contribution in [3.8, 4) is 12.3 Å². The second kappa shape index (κ2) is 5.14. The number of nitrogens with two attached hydrogens (primary N) is 1. The highest BCUT2D eigenvalue weighted by Crippen LogP contribution is 2.30. The number of hydrogen-bond acceptors (Lipinski definition) is 2. The first kappa shape index (κ1) is 12.5. The minimum atomic E-state index is 0.0114. The van der Waals surface area contributed by atoms with E-state index >= 15 is 0 Å².